The van der Waals surface area contributed by atoms with Crippen molar-refractivity contribution in [3.8, 4) is 0 Å². The standard InChI is InChI=1S/C20H30N6.HI/c1-21-20(23-13-19-14-24-25(2)15-19)22-12-17-6-8-18(9-7-17)16-26-10-4-3-5-11-26;/h6-9,14-15H,3-5,10-13,16H2,1-2H3,(H2,21,22,23);1H. The van der Waals surface area contributed by atoms with Crippen LogP contribution < -0.4 is 10.6 Å². The Bertz CT molecular complexity index is 704. The van der Waals surface area contributed by atoms with Crippen LogP contribution in [0.1, 0.15) is 36.0 Å². The zero-order chi connectivity index (χ0) is 18.2. The van der Waals surface area contributed by atoms with Crippen LogP contribution >= 0.6 is 24.0 Å². The van der Waals surface area contributed by atoms with Crippen molar-refractivity contribution >= 4 is 29.9 Å². The molecule has 1 saturated heterocycles. The molecule has 0 atom stereocenters. The van der Waals surface area contributed by atoms with Crippen LogP contribution in [0.4, 0.5) is 0 Å². The minimum absolute atomic E-state index is 0. The second-order valence-electron chi connectivity index (χ2n) is 6.95. The van der Waals surface area contributed by atoms with Crippen molar-refractivity contribution in [2.24, 2.45) is 12.0 Å². The maximum Gasteiger partial charge on any atom is 0.191 e. The highest BCUT2D eigenvalue weighted by atomic mass is 127. The number of aryl methyl sites for hydroxylation is 1. The van der Waals surface area contributed by atoms with E-state index in [2.05, 4.69) is 49.9 Å². The van der Waals surface area contributed by atoms with Crippen LogP contribution in [0, 0.1) is 0 Å². The van der Waals surface area contributed by atoms with Gasteiger partial charge in [0.2, 0.25) is 0 Å². The number of benzene rings is 1. The van der Waals surface area contributed by atoms with Gasteiger partial charge in [0.25, 0.3) is 0 Å². The van der Waals surface area contributed by atoms with Crippen molar-refractivity contribution in [3.05, 3.63) is 53.3 Å². The molecule has 0 spiro atoms. The minimum Gasteiger partial charge on any atom is -0.352 e. The summed E-state index contributed by atoms with van der Waals surface area (Å²) >= 11 is 0. The number of aromatic nitrogens is 2. The lowest BCUT2D eigenvalue weighted by Gasteiger charge is -2.26. The molecule has 0 amide bonds. The SMILES string of the molecule is CN=C(NCc1ccc(CN2CCCCC2)cc1)NCc1cnn(C)c1.I. The number of likely N-dealkylation sites (tertiary alicyclic amines) is 1. The number of rotatable bonds is 6. The van der Waals surface area contributed by atoms with Gasteiger partial charge in [-0.1, -0.05) is 30.7 Å². The van der Waals surface area contributed by atoms with E-state index in [0.717, 1.165) is 24.6 Å². The molecule has 6 nitrogen and oxygen atoms in total. The Hall–Kier alpha value is -1.61. The van der Waals surface area contributed by atoms with Crippen molar-refractivity contribution in [2.45, 2.75) is 38.9 Å². The Morgan fingerprint density at radius 3 is 2.22 bits per heavy atom. The Morgan fingerprint density at radius 2 is 1.63 bits per heavy atom. The monoisotopic (exact) mass is 482 g/mol. The number of hydrogen-bond donors (Lipinski definition) is 2. The molecule has 0 aliphatic carbocycles. The van der Waals surface area contributed by atoms with Gasteiger partial charge in [-0.15, -0.1) is 24.0 Å². The number of aliphatic imine (C=N–C) groups is 1. The first-order valence-electron chi connectivity index (χ1n) is 9.45. The molecule has 2 aromatic rings. The van der Waals surface area contributed by atoms with Crippen molar-refractivity contribution in [1.82, 2.24) is 25.3 Å². The molecule has 1 fully saturated rings. The fourth-order valence-corrected chi connectivity index (χ4v) is 3.29. The summed E-state index contributed by atoms with van der Waals surface area (Å²) in [6, 6.07) is 8.91. The maximum atomic E-state index is 4.28. The summed E-state index contributed by atoms with van der Waals surface area (Å²) in [5.74, 6) is 0.797. The molecule has 148 valence electrons. The van der Waals surface area contributed by atoms with Crippen molar-refractivity contribution < 1.29 is 0 Å². The van der Waals surface area contributed by atoms with E-state index in [-0.39, 0.29) is 24.0 Å². The lowest BCUT2D eigenvalue weighted by molar-refractivity contribution is 0.221. The van der Waals surface area contributed by atoms with Gasteiger partial charge >= 0.3 is 0 Å². The summed E-state index contributed by atoms with van der Waals surface area (Å²) in [7, 11) is 3.71. The summed E-state index contributed by atoms with van der Waals surface area (Å²) in [5.41, 5.74) is 3.80. The third kappa shape index (κ3) is 7.14. The summed E-state index contributed by atoms with van der Waals surface area (Å²) < 4.78 is 1.80. The molecule has 0 bridgehead atoms. The predicted octanol–water partition coefficient (Wildman–Crippen LogP) is 2.89. The van der Waals surface area contributed by atoms with E-state index in [1.54, 1.807) is 11.7 Å². The summed E-state index contributed by atoms with van der Waals surface area (Å²) in [5, 5.41) is 10.9. The summed E-state index contributed by atoms with van der Waals surface area (Å²) in [4.78, 5) is 6.84. The average molecular weight is 482 g/mol. The quantitative estimate of drug-likeness (QED) is 0.378. The molecule has 3 rings (SSSR count). The Kier molecular flexibility index (Phi) is 9.06. The Balaban J connectivity index is 0.00000261. The largest absolute Gasteiger partial charge is 0.352 e. The van der Waals surface area contributed by atoms with E-state index >= 15 is 0 Å². The van der Waals surface area contributed by atoms with E-state index in [0.29, 0.717) is 6.54 Å². The van der Waals surface area contributed by atoms with Gasteiger partial charge in [0.15, 0.2) is 5.96 Å². The third-order valence-corrected chi connectivity index (χ3v) is 4.78. The third-order valence-electron chi connectivity index (χ3n) is 4.78. The first-order chi connectivity index (χ1) is 12.7. The van der Waals surface area contributed by atoms with Crippen molar-refractivity contribution in [2.75, 3.05) is 20.1 Å². The van der Waals surface area contributed by atoms with E-state index in [4.69, 9.17) is 0 Å². The van der Waals surface area contributed by atoms with Gasteiger partial charge in [0, 0.05) is 45.5 Å². The van der Waals surface area contributed by atoms with Crippen molar-refractivity contribution in [1.29, 1.82) is 0 Å². The number of guanidine groups is 1. The van der Waals surface area contributed by atoms with Gasteiger partial charge < -0.3 is 10.6 Å². The highest BCUT2D eigenvalue weighted by Gasteiger charge is 2.10. The summed E-state index contributed by atoms with van der Waals surface area (Å²) in [6.45, 7) is 5.02. The lowest BCUT2D eigenvalue weighted by atomic mass is 10.1. The number of piperidine rings is 1. The van der Waals surface area contributed by atoms with Crippen LogP contribution in [0.2, 0.25) is 0 Å². The molecule has 0 radical (unpaired) electrons. The van der Waals surface area contributed by atoms with E-state index in [9.17, 15) is 0 Å². The van der Waals surface area contributed by atoms with Crippen LogP contribution in [0.3, 0.4) is 0 Å². The van der Waals surface area contributed by atoms with Gasteiger partial charge in [0.05, 0.1) is 6.20 Å². The van der Waals surface area contributed by atoms with Crippen molar-refractivity contribution in [3.63, 3.8) is 0 Å². The molecule has 0 unspecified atom stereocenters. The molecule has 1 aromatic heterocycles. The smallest absolute Gasteiger partial charge is 0.191 e. The number of nitrogens with one attached hydrogen (secondary N) is 2. The molecular formula is C20H31IN6. The molecule has 1 aliphatic rings. The fourth-order valence-electron chi connectivity index (χ4n) is 3.29. The van der Waals surface area contributed by atoms with E-state index in [1.807, 2.05) is 19.4 Å². The van der Waals surface area contributed by atoms with E-state index in [1.165, 1.54) is 43.5 Å². The van der Waals surface area contributed by atoms with Crippen LogP contribution in [0.5, 0.6) is 0 Å². The Morgan fingerprint density at radius 1 is 1.00 bits per heavy atom. The maximum absolute atomic E-state index is 4.28. The van der Waals surface area contributed by atoms with Gasteiger partial charge in [-0.2, -0.15) is 5.10 Å². The fraction of sp³-hybridized carbons (Fsp3) is 0.500. The number of hydrogen-bond acceptors (Lipinski definition) is 3. The number of halogens is 1. The van der Waals surface area contributed by atoms with Gasteiger partial charge in [-0.25, -0.2) is 0 Å². The van der Waals surface area contributed by atoms with Gasteiger partial charge in [0.1, 0.15) is 0 Å². The molecule has 2 heterocycles. The zero-order valence-electron chi connectivity index (χ0n) is 16.3. The van der Waals surface area contributed by atoms with Gasteiger partial charge in [-0.05, 0) is 37.1 Å². The first-order valence-corrected chi connectivity index (χ1v) is 9.45. The molecule has 2 N–H and O–H groups in total. The van der Waals surface area contributed by atoms with Gasteiger partial charge in [-0.3, -0.25) is 14.6 Å². The molecule has 27 heavy (non-hydrogen) atoms. The van der Waals surface area contributed by atoms with E-state index < -0.39 is 0 Å². The second kappa shape index (κ2) is 11.3. The number of nitrogens with zero attached hydrogens (tertiary/aromatic N) is 4. The molecule has 7 heteroatoms. The predicted molar refractivity (Wildman–Crippen MR) is 121 cm³/mol. The molecular weight excluding hydrogens is 451 g/mol. The van der Waals surface area contributed by atoms with Crippen LogP contribution in [0.25, 0.3) is 0 Å². The van der Waals surface area contributed by atoms with Crippen LogP contribution in [-0.4, -0.2) is 40.8 Å². The first kappa shape index (κ1) is 21.7. The Labute approximate surface area is 179 Å². The second-order valence-corrected chi connectivity index (χ2v) is 6.95. The highest BCUT2D eigenvalue weighted by molar-refractivity contribution is 14.0. The average Bonchev–Trinajstić information content (AvgIpc) is 3.09. The topological polar surface area (TPSA) is 57.5 Å². The van der Waals surface area contributed by atoms with Crippen LogP contribution in [-0.2, 0) is 26.7 Å². The molecule has 1 aliphatic heterocycles. The van der Waals surface area contributed by atoms with Crippen LogP contribution in [0.15, 0.2) is 41.7 Å². The zero-order valence-corrected chi connectivity index (χ0v) is 18.6. The highest BCUT2D eigenvalue weighted by Crippen LogP contribution is 2.13. The normalized spacial score (nSPS) is 15.3. The minimum atomic E-state index is 0. The summed E-state index contributed by atoms with van der Waals surface area (Å²) in [6.07, 6.45) is 7.93. The molecule has 0 saturated carbocycles. The lowest BCUT2D eigenvalue weighted by Crippen LogP contribution is -2.36. The molecule has 1 aromatic carbocycles.